The Morgan fingerprint density at radius 1 is 0.884 bits per heavy atom. The first-order valence-electron chi connectivity index (χ1n) is 14.4. The SMILES string of the molecule is CC[C@@H](C)NC(=O)[C@@H](CC)N(Cc1ccccc1C)C(=O)CN(c1ccc(C)cc1)S(=O)(=O)c1ccc(OC)c(OC)c1. The monoisotopic (exact) mass is 609 g/mol. The highest BCUT2D eigenvalue weighted by atomic mass is 32.2. The summed E-state index contributed by atoms with van der Waals surface area (Å²) in [6.07, 6.45) is 1.09. The number of hydrogen-bond donors (Lipinski definition) is 1. The molecule has 9 nitrogen and oxygen atoms in total. The number of rotatable bonds is 14. The lowest BCUT2D eigenvalue weighted by molar-refractivity contribution is -0.140. The maximum atomic E-state index is 14.3. The molecule has 0 heterocycles. The van der Waals surface area contributed by atoms with Gasteiger partial charge < -0.3 is 19.7 Å². The van der Waals surface area contributed by atoms with Crippen molar-refractivity contribution in [3.8, 4) is 11.5 Å². The molecule has 3 rings (SSSR count). The lowest BCUT2D eigenvalue weighted by Gasteiger charge is -2.34. The van der Waals surface area contributed by atoms with E-state index in [1.54, 1.807) is 24.3 Å². The Labute approximate surface area is 255 Å². The van der Waals surface area contributed by atoms with Crippen LogP contribution in [0, 0.1) is 13.8 Å². The standard InChI is InChI=1S/C33H43N3O6S/c1-8-25(5)34-33(38)29(9-2)35(21-26-13-11-10-12-24(26)4)32(37)22-36(27-16-14-23(3)15-17-27)43(39,40)28-18-19-30(41-6)31(20-28)42-7/h10-20,25,29H,8-9,21-22H2,1-7H3,(H,34,38)/t25-,29-/m1/s1. The van der Waals surface area contributed by atoms with Crippen molar-refractivity contribution in [3.05, 3.63) is 83.4 Å². The number of benzene rings is 3. The van der Waals surface area contributed by atoms with Crippen molar-refractivity contribution in [2.24, 2.45) is 0 Å². The number of nitrogens with one attached hydrogen (secondary N) is 1. The maximum absolute atomic E-state index is 14.3. The van der Waals surface area contributed by atoms with E-state index in [4.69, 9.17) is 9.47 Å². The number of sulfonamides is 1. The number of aryl methyl sites for hydroxylation is 2. The minimum Gasteiger partial charge on any atom is -0.493 e. The molecule has 3 aromatic rings. The fourth-order valence-corrected chi connectivity index (χ4v) is 6.11. The van der Waals surface area contributed by atoms with Gasteiger partial charge in [-0.15, -0.1) is 0 Å². The van der Waals surface area contributed by atoms with Gasteiger partial charge in [-0.25, -0.2) is 8.42 Å². The van der Waals surface area contributed by atoms with Crippen LogP contribution in [0.25, 0.3) is 0 Å². The summed E-state index contributed by atoms with van der Waals surface area (Å²) in [6, 6.07) is 18.0. The lowest BCUT2D eigenvalue weighted by Crippen LogP contribution is -2.53. The first-order valence-corrected chi connectivity index (χ1v) is 15.9. The third-order valence-corrected chi connectivity index (χ3v) is 9.30. The van der Waals surface area contributed by atoms with Crippen LogP contribution in [0.2, 0.25) is 0 Å². The Hall–Kier alpha value is -4.05. The lowest BCUT2D eigenvalue weighted by atomic mass is 10.1. The summed E-state index contributed by atoms with van der Waals surface area (Å²) in [7, 11) is -1.37. The van der Waals surface area contributed by atoms with Gasteiger partial charge in [0.2, 0.25) is 11.8 Å². The Morgan fingerprint density at radius 3 is 2.12 bits per heavy atom. The quantitative estimate of drug-likeness (QED) is 0.268. The van der Waals surface area contributed by atoms with E-state index in [1.165, 1.54) is 37.3 Å². The van der Waals surface area contributed by atoms with Gasteiger partial charge in [0.15, 0.2) is 11.5 Å². The van der Waals surface area contributed by atoms with Crippen LogP contribution in [0.15, 0.2) is 71.6 Å². The zero-order valence-corrected chi connectivity index (χ0v) is 26.9. The molecule has 0 saturated heterocycles. The largest absolute Gasteiger partial charge is 0.493 e. The van der Waals surface area contributed by atoms with Crippen molar-refractivity contribution in [1.29, 1.82) is 0 Å². The second kappa shape index (κ2) is 14.9. The number of amides is 2. The average Bonchev–Trinajstić information content (AvgIpc) is 3.00. The molecule has 0 fully saturated rings. The average molecular weight is 610 g/mol. The molecular weight excluding hydrogens is 566 g/mol. The summed E-state index contributed by atoms with van der Waals surface area (Å²) in [5, 5.41) is 3.00. The van der Waals surface area contributed by atoms with Gasteiger partial charge in [0.05, 0.1) is 24.8 Å². The van der Waals surface area contributed by atoms with E-state index in [1.807, 2.05) is 58.9 Å². The van der Waals surface area contributed by atoms with Crippen LogP contribution >= 0.6 is 0 Å². The number of anilines is 1. The molecule has 43 heavy (non-hydrogen) atoms. The number of carbonyl (C=O) groups is 2. The molecule has 10 heteroatoms. The Balaban J connectivity index is 2.10. The molecule has 0 radical (unpaired) electrons. The second-order valence-corrected chi connectivity index (χ2v) is 12.4. The maximum Gasteiger partial charge on any atom is 0.264 e. The third-order valence-electron chi connectivity index (χ3n) is 7.53. The summed E-state index contributed by atoms with van der Waals surface area (Å²) < 4.78 is 40.1. The van der Waals surface area contributed by atoms with Crippen LogP contribution in [-0.4, -0.2) is 58.0 Å². The molecule has 1 N–H and O–H groups in total. The molecule has 0 aromatic heterocycles. The van der Waals surface area contributed by atoms with Crippen LogP contribution in [0.1, 0.15) is 50.3 Å². The first kappa shape index (κ1) is 33.5. The van der Waals surface area contributed by atoms with Crippen molar-refractivity contribution in [2.45, 2.75) is 71.0 Å². The normalized spacial score (nSPS) is 12.6. The van der Waals surface area contributed by atoms with E-state index < -0.39 is 28.5 Å². The molecule has 0 spiro atoms. The van der Waals surface area contributed by atoms with Gasteiger partial charge in [0.25, 0.3) is 10.0 Å². The fraction of sp³-hybridized carbons (Fsp3) is 0.394. The molecule has 0 aliphatic rings. The van der Waals surface area contributed by atoms with Gasteiger partial charge in [-0.2, -0.15) is 0 Å². The topological polar surface area (TPSA) is 105 Å². The van der Waals surface area contributed by atoms with Crippen molar-refractivity contribution in [3.63, 3.8) is 0 Å². The smallest absolute Gasteiger partial charge is 0.264 e. The fourth-order valence-electron chi connectivity index (χ4n) is 4.68. The van der Waals surface area contributed by atoms with E-state index >= 15 is 0 Å². The van der Waals surface area contributed by atoms with Crippen LogP contribution in [0.4, 0.5) is 5.69 Å². The van der Waals surface area contributed by atoms with Gasteiger partial charge in [-0.1, -0.05) is 55.8 Å². The van der Waals surface area contributed by atoms with E-state index in [0.717, 1.165) is 27.4 Å². The number of ether oxygens (including phenoxy) is 2. The minimum atomic E-state index is -4.26. The molecule has 0 aliphatic heterocycles. The molecule has 0 aliphatic carbocycles. The van der Waals surface area contributed by atoms with Gasteiger partial charge >= 0.3 is 0 Å². The predicted molar refractivity (Wildman–Crippen MR) is 169 cm³/mol. The molecular formula is C33H43N3O6S. The van der Waals surface area contributed by atoms with E-state index in [9.17, 15) is 18.0 Å². The van der Waals surface area contributed by atoms with Crippen molar-refractivity contribution in [2.75, 3.05) is 25.1 Å². The minimum absolute atomic E-state index is 0.0643. The molecule has 3 aromatic carbocycles. The number of nitrogens with zero attached hydrogens (tertiary/aromatic N) is 2. The number of methoxy groups -OCH3 is 2. The predicted octanol–water partition coefficient (Wildman–Crippen LogP) is 5.24. The van der Waals surface area contributed by atoms with Crippen molar-refractivity contribution in [1.82, 2.24) is 10.2 Å². The third kappa shape index (κ3) is 8.07. The Kier molecular flexibility index (Phi) is 11.6. The molecule has 0 unspecified atom stereocenters. The van der Waals surface area contributed by atoms with Crippen molar-refractivity contribution >= 4 is 27.5 Å². The molecule has 0 saturated carbocycles. The number of carbonyl (C=O) groups excluding carboxylic acids is 2. The molecule has 2 atom stereocenters. The summed E-state index contributed by atoms with van der Waals surface area (Å²) >= 11 is 0. The van der Waals surface area contributed by atoms with Crippen LogP contribution in [-0.2, 0) is 26.2 Å². The zero-order chi connectivity index (χ0) is 31.7. The van der Waals surface area contributed by atoms with Gasteiger partial charge in [0, 0.05) is 18.7 Å². The molecule has 232 valence electrons. The van der Waals surface area contributed by atoms with E-state index in [0.29, 0.717) is 17.9 Å². The number of hydrogen-bond acceptors (Lipinski definition) is 6. The van der Waals surface area contributed by atoms with E-state index in [2.05, 4.69) is 5.32 Å². The highest BCUT2D eigenvalue weighted by Gasteiger charge is 2.34. The Bertz CT molecular complexity index is 1510. The highest BCUT2D eigenvalue weighted by molar-refractivity contribution is 7.92. The molecule has 2 amide bonds. The summed E-state index contributed by atoms with van der Waals surface area (Å²) in [4.78, 5) is 29.1. The van der Waals surface area contributed by atoms with Crippen LogP contribution in [0.5, 0.6) is 11.5 Å². The van der Waals surface area contributed by atoms with Gasteiger partial charge in [-0.3, -0.25) is 13.9 Å². The summed E-state index contributed by atoms with van der Waals surface area (Å²) in [5.41, 5.74) is 3.09. The summed E-state index contributed by atoms with van der Waals surface area (Å²) in [6.45, 7) is 9.20. The van der Waals surface area contributed by atoms with Gasteiger partial charge in [0.1, 0.15) is 12.6 Å². The van der Waals surface area contributed by atoms with Crippen LogP contribution in [0.3, 0.4) is 0 Å². The van der Waals surface area contributed by atoms with Gasteiger partial charge in [-0.05, 0) is 69.0 Å². The zero-order valence-electron chi connectivity index (χ0n) is 26.1. The van der Waals surface area contributed by atoms with E-state index in [-0.39, 0.29) is 29.1 Å². The molecule has 0 bridgehead atoms. The van der Waals surface area contributed by atoms with Crippen molar-refractivity contribution < 1.29 is 27.5 Å². The van der Waals surface area contributed by atoms with Crippen LogP contribution < -0.4 is 19.1 Å². The first-order chi connectivity index (χ1) is 20.5. The second-order valence-electron chi connectivity index (χ2n) is 10.6. The highest BCUT2D eigenvalue weighted by Crippen LogP contribution is 2.32. The Morgan fingerprint density at radius 2 is 1.53 bits per heavy atom. The summed E-state index contributed by atoms with van der Waals surface area (Å²) in [5.74, 6) is -0.155.